The third-order valence-corrected chi connectivity index (χ3v) is 2.35. The van der Waals surface area contributed by atoms with Crippen LogP contribution in [0.1, 0.15) is 26.5 Å². The van der Waals surface area contributed by atoms with Crippen LogP contribution in [0.5, 0.6) is 0 Å². The molecule has 1 aromatic rings. The highest BCUT2D eigenvalue weighted by atomic mass is 79.9. The van der Waals surface area contributed by atoms with Gasteiger partial charge in [-0.2, -0.15) is 0 Å². The fourth-order valence-electron chi connectivity index (χ4n) is 1.29. The Kier molecular flexibility index (Phi) is 5.10. The first-order chi connectivity index (χ1) is 8.31. The average Bonchev–Trinajstić information content (AvgIpc) is 2.19. The van der Waals surface area contributed by atoms with E-state index in [2.05, 4.69) is 26.2 Å². The number of carbonyl (C=O) groups is 1. The van der Waals surface area contributed by atoms with E-state index in [-0.39, 0.29) is 6.61 Å². The van der Waals surface area contributed by atoms with E-state index in [1.165, 1.54) is 0 Å². The van der Waals surface area contributed by atoms with Crippen LogP contribution in [0.4, 0.5) is 10.5 Å². The molecule has 0 saturated heterocycles. The van der Waals surface area contributed by atoms with E-state index in [0.717, 1.165) is 4.47 Å². The van der Waals surface area contributed by atoms with Crippen LogP contribution in [0, 0.1) is 0 Å². The fourth-order valence-corrected chi connectivity index (χ4v) is 1.63. The third kappa shape index (κ3) is 5.01. The Morgan fingerprint density at radius 2 is 2.22 bits per heavy atom. The highest BCUT2D eigenvalue weighted by Gasteiger charge is 2.17. The third-order valence-electron chi connectivity index (χ3n) is 1.92. The van der Waals surface area contributed by atoms with Crippen LogP contribution in [-0.2, 0) is 11.2 Å². The summed E-state index contributed by atoms with van der Waals surface area (Å²) >= 11 is 3.28. The molecule has 0 saturated carbocycles. The van der Waals surface area contributed by atoms with Gasteiger partial charge in [-0.3, -0.25) is 10.3 Å². The van der Waals surface area contributed by atoms with Crippen molar-refractivity contribution < 1.29 is 14.6 Å². The molecule has 0 unspecified atom stereocenters. The maximum atomic E-state index is 11.7. The number of ether oxygens (including phenoxy) is 1. The van der Waals surface area contributed by atoms with Crippen molar-refractivity contribution in [3.05, 3.63) is 22.4 Å². The standard InChI is InChI=1S/C12H17BrN2O3/c1-12(2,3)18-11(17)15-10-6-8(13)7-14-9(10)4-5-16/h6-7,16H,4-5H2,1-3H3,(H,15,17). The molecule has 0 spiro atoms. The second kappa shape index (κ2) is 6.15. The minimum Gasteiger partial charge on any atom is -0.444 e. The fraction of sp³-hybridized carbons (Fsp3) is 0.500. The van der Waals surface area contributed by atoms with Crippen molar-refractivity contribution in [2.24, 2.45) is 0 Å². The number of hydrogen-bond acceptors (Lipinski definition) is 4. The Labute approximate surface area is 115 Å². The van der Waals surface area contributed by atoms with E-state index in [4.69, 9.17) is 9.84 Å². The van der Waals surface area contributed by atoms with Crippen LogP contribution in [0.25, 0.3) is 0 Å². The number of carbonyl (C=O) groups excluding carboxylic acids is 1. The number of anilines is 1. The Morgan fingerprint density at radius 3 is 2.78 bits per heavy atom. The number of amides is 1. The normalized spacial score (nSPS) is 11.2. The molecule has 0 aromatic carbocycles. The van der Waals surface area contributed by atoms with Gasteiger partial charge in [-0.1, -0.05) is 0 Å². The van der Waals surface area contributed by atoms with Crippen molar-refractivity contribution >= 4 is 27.7 Å². The number of nitrogens with one attached hydrogen (secondary N) is 1. The molecule has 0 radical (unpaired) electrons. The molecule has 6 heteroatoms. The van der Waals surface area contributed by atoms with Crippen LogP contribution in [0.2, 0.25) is 0 Å². The second-order valence-electron chi connectivity index (χ2n) is 4.75. The summed E-state index contributed by atoms with van der Waals surface area (Å²) in [6, 6.07) is 1.72. The van der Waals surface area contributed by atoms with Crippen molar-refractivity contribution in [2.45, 2.75) is 32.8 Å². The van der Waals surface area contributed by atoms with Gasteiger partial charge in [0.25, 0.3) is 0 Å². The van der Waals surface area contributed by atoms with Gasteiger partial charge >= 0.3 is 6.09 Å². The van der Waals surface area contributed by atoms with Crippen molar-refractivity contribution in [2.75, 3.05) is 11.9 Å². The molecular formula is C12H17BrN2O3. The summed E-state index contributed by atoms with van der Waals surface area (Å²) in [6.45, 7) is 5.35. The molecule has 2 N–H and O–H groups in total. The van der Waals surface area contributed by atoms with Crippen LogP contribution < -0.4 is 5.32 Å². The SMILES string of the molecule is CC(C)(C)OC(=O)Nc1cc(Br)cnc1CCO. The molecule has 0 fully saturated rings. The first-order valence-electron chi connectivity index (χ1n) is 5.57. The second-order valence-corrected chi connectivity index (χ2v) is 5.66. The summed E-state index contributed by atoms with van der Waals surface area (Å²) in [5, 5.41) is 11.6. The minimum absolute atomic E-state index is 0.0301. The topological polar surface area (TPSA) is 71.5 Å². The Balaban J connectivity index is 2.82. The molecule has 0 aliphatic heterocycles. The molecular weight excluding hydrogens is 300 g/mol. The van der Waals surface area contributed by atoms with E-state index in [0.29, 0.717) is 17.8 Å². The summed E-state index contributed by atoms with van der Waals surface area (Å²) < 4.78 is 5.90. The maximum absolute atomic E-state index is 11.7. The van der Waals surface area contributed by atoms with Gasteiger partial charge in [0.1, 0.15) is 5.60 Å². The van der Waals surface area contributed by atoms with Crippen LogP contribution in [0.15, 0.2) is 16.7 Å². The summed E-state index contributed by atoms with van der Waals surface area (Å²) in [5.74, 6) is 0. The van der Waals surface area contributed by atoms with E-state index in [1.54, 1.807) is 33.0 Å². The molecule has 1 aromatic heterocycles. The monoisotopic (exact) mass is 316 g/mol. The van der Waals surface area contributed by atoms with Crippen LogP contribution >= 0.6 is 15.9 Å². The largest absolute Gasteiger partial charge is 0.444 e. The molecule has 0 aliphatic rings. The number of pyridine rings is 1. The van der Waals surface area contributed by atoms with Crippen molar-refractivity contribution in [1.82, 2.24) is 4.98 Å². The molecule has 100 valence electrons. The van der Waals surface area contributed by atoms with Crippen molar-refractivity contribution in [3.63, 3.8) is 0 Å². The van der Waals surface area contributed by atoms with Crippen LogP contribution in [-0.4, -0.2) is 28.4 Å². The maximum Gasteiger partial charge on any atom is 0.412 e. The minimum atomic E-state index is -0.555. The number of aliphatic hydroxyl groups is 1. The lowest BCUT2D eigenvalue weighted by Crippen LogP contribution is -2.27. The van der Waals surface area contributed by atoms with E-state index < -0.39 is 11.7 Å². The Morgan fingerprint density at radius 1 is 1.56 bits per heavy atom. The van der Waals surface area contributed by atoms with Gasteiger partial charge in [-0.05, 0) is 42.8 Å². The zero-order chi connectivity index (χ0) is 13.8. The summed E-state index contributed by atoms with van der Waals surface area (Å²) in [7, 11) is 0. The smallest absolute Gasteiger partial charge is 0.412 e. The Bertz CT molecular complexity index is 430. The first kappa shape index (κ1) is 14.9. The van der Waals surface area contributed by atoms with Gasteiger partial charge in [0.15, 0.2) is 0 Å². The van der Waals surface area contributed by atoms with Gasteiger partial charge in [0, 0.05) is 23.7 Å². The number of halogens is 1. The lowest BCUT2D eigenvalue weighted by molar-refractivity contribution is 0.0635. The summed E-state index contributed by atoms with van der Waals surface area (Å²) in [4.78, 5) is 15.8. The molecule has 0 atom stereocenters. The summed E-state index contributed by atoms with van der Waals surface area (Å²) in [5.41, 5.74) is 0.597. The van der Waals surface area contributed by atoms with Gasteiger partial charge in [-0.25, -0.2) is 4.79 Å². The van der Waals surface area contributed by atoms with Gasteiger partial charge in [0.2, 0.25) is 0 Å². The molecule has 1 heterocycles. The zero-order valence-electron chi connectivity index (χ0n) is 10.7. The predicted octanol–water partition coefficient (Wildman–Crippen LogP) is 2.73. The number of aliphatic hydroxyl groups excluding tert-OH is 1. The Hall–Kier alpha value is -1.14. The van der Waals surface area contributed by atoms with Gasteiger partial charge in [-0.15, -0.1) is 0 Å². The number of hydrogen-bond donors (Lipinski definition) is 2. The lowest BCUT2D eigenvalue weighted by Gasteiger charge is -2.20. The first-order valence-corrected chi connectivity index (χ1v) is 6.36. The predicted molar refractivity (Wildman–Crippen MR) is 72.6 cm³/mol. The molecule has 1 amide bonds. The zero-order valence-corrected chi connectivity index (χ0v) is 12.2. The molecule has 1 rings (SSSR count). The quantitative estimate of drug-likeness (QED) is 0.899. The van der Waals surface area contributed by atoms with Crippen LogP contribution in [0.3, 0.4) is 0 Å². The van der Waals surface area contributed by atoms with Gasteiger partial charge < -0.3 is 9.84 Å². The van der Waals surface area contributed by atoms with E-state index >= 15 is 0 Å². The molecule has 18 heavy (non-hydrogen) atoms. The highest BCUT2D eigenvalue weighted by Crippen LogP contribution is 2.20. The van der Waals surface area contributed by atoms with E-state index in [9.17, 15) is 4.79 Å². The molecule has 0 bridgehead atoms. The lowest BCUT2D eigenvalue weighted by atomic mass is 10.2. The molecule has 0 aliphatic carbocycles. The van der Waals surface area contributed by atoms with Crippen molar-refractivity contribution in [3.8, 4) is 0 Å². The number of rotatable bonds is 3. The van der Waals surface area contributed by atoms with E-state index in [1.807, 2.05) is 0 Å². The average molecular weight is 317 g/mol. The number of aromatic nitrogens is 1. The van der Waals surface area contributed by atoms with Gasteiger partial charge in [0.05, 0.1) is 11.4 Å². The number of nitrogens with zero attached hydrogens (tertiary/aromatic N) is 1. The van der Waals surface area contributed by atoms with Crippen molar-refractivity contribution in [1.29, 1.82) is 0 Å². The highest BCUT2D eigenvalue weighted by molar-refractivity contribution is 9.10. The summed E-state index contributed by atoms with van der Waals surface area (Å²) in [6.07, 6.45) is 1.45. The molecule has 5 nitrogen and oxygen atoms in total.